The molecular formula is C22H19ClN2O3S. The van der Waals surface area contributed by atoms with Gasteiger partial charge in [-0.3, -0.25) is 9.10 Å². The Balaban J connectivity index is 1.71. The molecule has 0 unspecified atom stereocenters. The zero-order valence-electron chi connectivity index (χ0n) is 15.5. The quantitative estimate of drug-likeness (QED) is 0.616. The van der Waals surface area contributed by atoms with E-state index >= 15 is 0 Å². The first-order chi connectivity index (χ1) is 14.0. The van der Waals surface area contributed by atoms with Crippen molar-refractivity contribution in [1.29, 1.82) is 0 Å². The Kier molecular flexibility index (Phi) is 5.30. The van der Waals surface area contributed by atoms with E-state index in [9.17, 15) is 13.2 Å². The van der Waals surface area contributed by atoms with Crippen molar-refractivity contribution < 1.29 is 13.2 Å². The summed E-state index contributed by atoms with van der Waals surface area (Å²) in [6.45, 7) is 0.221. The number of rotatable bonds is 5. The number of anilines is 2. The van der Waals surface area contributed by atoms with Crippen molar-refractivity contribution in [2.45, 2.75) is 11.3 Å². The number of hydrogen-bond acceptors (Lipinski definition) is 3. The summed E-state index contributed by atoms with van der Waals surface area (Å²) in [5, 5.41) is 0.398. The van der Waals surface area contributed by atoms with Crippen LogP contribution in [0.25, 0.3) is 0 Å². The van der Waals surface area contributed by atoms with Gasteiger partial charge in [0, 0.05) is 17.3 Å². The van der Waals surface area contributed by atoms with E-state index in [1.54, 1.807) is 47.4 Å². The fourth-order valence-corrected chi connectivity index (χ4v) is 5.08. The molecule has 1 amide bonds. The summed E-state index contributed by atoms with van der Waals surface area (Å²) in [6, 6.07) is 22.3. The Hall–Kier alpha value is -2.83. The van der Waals surface area contributed by atoms with E-state index in [1.807, 2.05) is 24.3 Å². The molecule has 1 heterocycles. The fourth-order valence-electron chi connectivity index (χ4n) is 3.47. The van der Waals surface area contributed by atoms with Gasteiger partial charge in [0.05, 0.1) is 10.6 Å². The van der Waals surface area contributed by atoms with E-state index in [1.165, 1.54) is 12.1 Å². The molecule has 3 aromatic rings. The lowest BCUT2D eigenvalue weighted by Crippen LogP contribution is -2.42. The Morgan fingerprint density at radius 2 is 1.69 bits per heavy atom. The number of fused-ring (bicyclic) bond motifs is 1. The molecule has 4 rings (SSSR count). The molecule has 0 fully saturated rings. The molecule has 0 radical (unpaired) electrons. The predicted octanol–water partition coefficient (Wildman–Crippen LogP) is 4.12. The van der Waals surface area contributed by atoms with E-state index in [4.69, 9.17) is 11.6 Å². The average molecular weight is 427 g/mol. The van der Waals surface area contributed by atoms with Crippen molar-refractivity contribution in [3.8, 4) is 0 Å². The van der Waals surface area contributed by atoms with Crippen LogP contribution in [0.1, 0.15) is 5.56 Å². The first-order valence-electron chi connectivity index (χ1n) is 9.18. The standard InChI is InChI=1S/C22H19ClN2O3S/c23-18-8-6-9-19(15-18)25(29(27,28)20-10-2-1-3-11-20)16-22(26)24-14-13-17-7-4-5-12-21(17)24/h1-12,15H,13-14,16H2. The number of para-hydroxylation sites is 1. The Morgan fingerprint density at radius 1 is 0.966 bits per heavy atom. The van der Waals surface area contributed by atoms with Crippen LogP contribution in [-0.4, -0.2) is 27.4 Å². The van der Waals surface area contributed by atoms with Gasteiger partial charge in [0.1, 0.15) is 6.54 Å². The van der Waals surface area contributed by atoms with Gasteiger partial charge in [0.2, 0.25) is 5.91 Å². The smallest absolute Gasteiger partial charge is 0.264 e. The van der Waals surface area contributed by atoms with Gasteiger partial charge < -0.3 is 4.90 Å². The lowest BCUT2D eigenvalue weighted by atomic mass is 10.2. The van der Waals surface area contributed by atoms with Crippen LogP contribution in [0.15, 0.2) is 83.8 Å². The summed E-state index contributed by atoms with van der Waals surface area (Å²) < 4.78 is 27.8. The number of sulfonamides is 1. The number of hydrogen-bond donors (Lipinski definition) is 0. The highest BCUT2D eigenvalue weighted by Gasteiger charge is 2.31. The number of nitrogens with zero attached hydrogens (tertiary/aromatic N) is 2. The maximum absolute atomic E-state index is 13.4. The van der Waals surface area contributed by atoms with E-state index in [-0.39, 0.29) is 17.3 Å². The molecule has 3 aromatic carbocycles. The highest BCUT2D eigenvalue weighted by Crippen LogP contribution is 2.30. The Bertz CT molecular complexity index is 1150. The minimum atomic E-state index is -3.95. The maximum Gasteiger partial charge on any atom is 0.264 e. The maximum atomic E-state index is 13.4. The SMILES string of the molecule is O=C(CN(c1cccc(Cl)c1)S(=O)(=O)c1ccccc1)N1CCc2ccccc21. The first kappa shape index (κ1) is 19.5. The molecule has 1 aliphatic rings. The molecule has 0 spiro atoms. The molecule has 148 valence electrons. The molecule has 0 aromatic heterocycles. The van der Waals surface area contributed by atoms with E-state index in [2.05, 4.69) is 0 Å². The van der Waals surface area contributed by atoms with Gasteiger partial charge in [-0.25, -0.2) is 8.42 Å². The molecule has 0 aliphatic carbocycles. The molecule has 1 aliphatic heterocycles. The van der Waals surface area contributed by atoms with Crippen molar-refractivity contribution in [3.05, 3.63) is 89.4 Å². The summed E-state index contributed by atoms with van der Waals surface area (Å²) in [5.74, 6) is -0.283. The van der Waals surface area contributed by atoms with Crippen LogP contribution in [0.5, 0.6) is 0 Å². The molecule has 0 saturated carbocycles. The first-order valence-corrected chi connectivity index (χ1v) is 11.0. The van der Waals surface area contributed by atoms with E-state index in [0.29, 0.717) is 17.3 Å². The van der Waals surface area contributed by atoms with Gasteiger partial charge >= 0.3 is 0 Å². The summed E-state index contributed by atoms with van der Waals surface area (Å²) in [6.07, 6.45) is 0.754. The molecule has 5 nitrogen and oxygen atoms in total. The third-order valence-corrected chi connectivity index (χ3v) is 6.92. The molecular weight excluding hydrogens is 408 g/mol. The molecule has 0 atom stereocenters. The third kappa shape index (κ3) is 3.86. The highest BCUT2D eigenvalue weighted by molar-refractivity contribution is 7.92. The number of carbonyl (C=O) groups excluding carboxylic acids is 1. The van der Waals surface area contributed by atoms with Gasteiger partial charge in [-0.15, -0.1) is 0 Å². The van der Waals surface area contributed by atoms with Crippen molar-refractivity contribution >= 4 is 38.9 Å². The van der Waals surface area contributed by atoms with Crippen LogP contribution in [0.3, 0.4) is 0 Å². The van der Waals surface area contributed by atoms with Gasteiger partial charge in [0.25, 0.3) is 10.0 Å². The van der Waals surface area contributed by atoms with Crippen LogP contribution < -0.4 is 9.21 Å². The van der Waals surface area contributed by atoms with Crippen molar-refractivity contribution in [2.24, 2.45) is 0 Å². The average Bonchev–Trinajstić information content (AvgIpc) is 3.16. The van der Waals surface area contributed by atoms with Crippen LogP contribution >= 0.6 is 11.6 Å². The number of amides is 1. The predicted molar refractivity (Wildman–Crippen MR) is 115 cm³/mol. The number of benzene rings is 3. The van der Waals surface area contributed by atoms with E-state index in [0.717, 1.165) is 22.0 Å². The number of halogens is 1. The minimum absolute atomic E-state index is 0.120. The van der Waals surface area contributed by atoms with E-state index < -0.39 is 10.0 Å². The van der Waals surface area contributed by atoms with Gasteiger partial charge in [0.15, 0.2) is 0 Å². The largest absolute Gasteiger partial charge is 0.310 e. The zero-order valence-corrected chi connectivity index (χ0v) is 17.1. The van der Waals surface area contributed by atoms with Gasteiger partial charge in [-0.05, 0) is 48.4 Å². The molecule has 0 bridgehead atoms. The van der Waals surface area contributed by atoms with Crippen LogP contribution in [0.2, 0.25) is 5.02 Å². The topological polar surface area (TPSA) is 57.7 Å². The van der Waals surface area contributed by atoms with Gasteiger partial charge in [-0.2, -0.15) is 0 Å². The van der Waals surface area contributed by atoms with Crippen molar-refractivity contribution in [3.63, 3.8) is 0 Å². The molecule has 7 heteroatoms. The second-order valence-corrected chi connectivity index (χ2v) is 9.03. The fraction of sp³-hybridized carbons (Fsp3) is 0.136. The Labute approximate surface area is 175 Å². The second kappa shape index (κ2) is 7.89. The summed E-state index contributed by atoms with van der Waals surface area (Å²) in [7, 11) is -3.95. The monoisotopic (exact) mass is 426 g/mol. The summed E-state index contributed by atoms with van der Waals surface area (Å²) in [5.41, 5.74) is 2.27. The Morgan fingerprint density at radius 3 is 2.45 bits per heavy atom. The molecule has 29 heavy (non-hydrogen) atoms. The van der Waals surface area contributed by atoms with Crippen molar-refractivity contribution in [1.82, 2.24) is 0 Å². The number of carbonyl (C=O) groups is 1. The van der Waals surface area contributed by atoms with Gasteiger partial charge in [-0.1, -0.05) is 54.1 Å². The molecule has 0 N–H and O–H groups in total. The second-order valence-electron chi connectivity index (χ2n) is 6.73. The third-order valence-electron chi connectivity index (χ3n) is 4.89. The summed E-state index contributed by atoms with van der Waals surface area (Å²) in [4.78, 5) is 14.9. The van der Waals surface area contributed by atoms with Crippen LogP contribution in [0, 0.1) is 0 Å². The highest BCUT2D eigenvalue weighted by atomic mass is 35.5. The molecule has 0 saturated heterocycles. The van der Waals surface area contributed by atoms with Crippen molar-refractivity contribution in [2.75, 3.05) is 22.3 Å². The lowest BCUT2D eigenvalue weighted by molar-refractivity contribution is -0.117. The zero-order chi connectivity index (χ0) is 20.4. The lowest BCUT2D eigenvalue weighted by Gasteiger charge is -2.27. The summed E-state index contributed by atoms with van der Waals surface area (Å²) >= 11 is 6.10. The minimum Gasteiger partial charge on any atom is -0.310 e. The normalized spacial score (nSPS) is 13.2. The van der Waals surface area contributed by atoms with Crippen LogP contribution in [0.4, 0.5) is 11.4 Å². The van der Waals surface area contributed by atoms with Crippen LogP contribution in [-0.2, 0) is 21.2 Å².